The zero-order valence-corrected chi connectivity index (χ0v) is 24.5. The van der Waals surface area contributed by atoms with Crippen molar-refractivity contribution < 1.29 is 33.7 Å². The number of aliphatic hydroxyl groups excluding tert-OH is 1. The number of anilines is 1. The van der Waals surface area contributed by atoms with Crippen LogP contribution < -0.4 is 14.4 Å². The van der Waals surface area contributed by atoms with Gasteiger partial charge in [-0.05, 0) is 61.7 Å². The van der Waals surface area contributed by atoms with E-state index < -0.39 is 23.7 Å². The third-order valence-electron chi connectivity index (χ3n) is 6.66. The lowest BCUT2D eigenvalue weighted by molar-refractivity contribution is -0.132. The highest BCUT2D eigenvalue weighted by atomic mass is 32.1. The summed E-state index contributed by atoms with van der Waals surface area (Å²) in [6, 6.07) is 12.8. The van der Waals surface area contributed by atoms with Crippen LogP contribution in [-0.4, -0.2) is 48.1 Å². The second-order valence-corrected chi connectivity index (χ2v) is 10.5. The van der Waals surface area contributed by atoms with Gasteiger partial charge in [-0.15, -0.1) is 0 Å². The van der Waals surface area contributed by atoms with Crippen LogP contribution in [0.5, 0.6) is 11.5 Å². The summed E-state index contributed by atoms with van der Waals surface area (Å²) in [5.74, 6) is -1.33. The smallest absolute Gasteiger partial charge is 0.350 e. The molecule has 0 radical (unpaired) electrons. The molecular weight excluding hydrogens is 544 g/mol. The summed E-state index contributed by atoms with van der Waals surface area (Å²) in [7, 11) is 1.26. The number of aromatic nitrogens is 1. The second kappa shape index (κ2) is 13.5. The van der Waals surface area contributed by atoms with Crippen molar-refractivity contribution in [3.05, 3.63) is 75.8 Å². The first-order chi connectivity index (χ1) is 19.8. The van der Waals surface area contributed by atoms with E-state index in [0.29, 0.717) is 41.5 Å². The summed E-state index contributed by atoms with van der Waals surface area (Å²) in [5, 5.41) is 11.6. The van der Waals surface area contributed by atoms with Crippen molar-refractivity contribution in [2.75, 3.05) is 25.2 Å². The van der Waals surface area contributed by atoms with Gasteiger partial charge in [-0.2, -0.15) is 0 Å². The summed E-state index contributed by atoms with van der Waals surface area (Å²) in [6.07, 6.45) is 3.84. The van der Waals surface area contributed by atoms with Crippen LogP contribution in [0.2, 0.25) is 0 Å². The molecule has 10 heteroatoms. The fourth-order valence-corrected chi connectivity index (χ4v) is 5.40. The fourth-order valence-electron chi connectivity index (χ4n) is 4.39. The van der Waals surface area contributed by atoms with E-state index in [-0.39, 0.29) is 21.3 Å². The molecule has 3 aromatic rings. The number of nitrogens with zero attached hydrogens (tertiary/aromatic N) is 2. The Morgan fingerprint density at radius 2 is 1.51 bits per heavy atom. The molecule has 1 unspecified atom stereocenters. The number of carbonyl (C=O) groups is 3. The molecule has 1 aromatic heterocycles. The molecule has 41 heavy (non-hydrogen) atoms. The SMILES string of the molecule is CCCCOc1ccc(/C(O)=C2/C(=O)C(=O)N(c3nc(C)c(C(=O)OC)s3)C2c2ccc(OCCCC)cc2)cc1. The molecule has 1 N–H and O–H groups in total. The lowest BCUT2D eigenvalue weighted by atomic mass is 9.95. The topological polar surface area (TPSA) is 115 Å². The largest absolute Gasteiger partial charge is 0.507 e. The number of hydrogen-bond acceptors (Lipinski definition) is 9. The number of thiazole rings is 1. The lowest BCUT2D eigenvalue weighted by Gasteiger charge is -2.23. The van der Waals surface area contributed by atoms with Gasteiger partial charge in [-0.25, -0.2) is 9.78 Å². The Morgan fingerprint density at radius 3 is 2.05 bits per heavy atom. The number of carbonyl (C=O) groups excluding carboxylic acids is 3. The quantitative estimate of drug-likeness (QED) is 0.0885. The summed E-state index contributed by atoms with van der Waals surface area (Å²) < 4.78 is 16.3. The normalized spacial score (nSPS) is 16.2. The molecule has 1 aliphatic heterocycles. The maximum absolute atomic E-state index is 13.5. The Bertz CT molecular complexity index is 1430. The highest BCUT2D eigenvalue weighted by Gasteiger charge is 2.48. The van der Waals surface area contributed by atoms with E-state index in [9.17, 15) is 19.5 Å². The van der Waals surface area contributed by atoms with Gasteiger partial charge < -0.3 is 19.3 Å². The molecule has 2 aromatic carbocycles. The molecule has 216 valence electrons. The Morgan fingerprint density at radius 1 is 0.951 bits per heavy atom. The monoisotopic (exact) mass is 578 g/mol. The van der Waals surface area contributed by atoms with Crippen molar-refractivity contribution in [3.8, 4) is 11.5 Å². The Hall–Kier alpha value is -4.18. The lowest BCUT2D eigenvalue weighted by Crippen LogP contribution is -2.29. The average molecular weight is 579 g/mol. The molecule has 0 spiro atoms. The number of ketones is 1. The summed E-state index contributed by atoms with van der Waals surface area (Å²) in [6.45, 7) is 6.93. The number of Topliss-reactive ketones (excluding diaryl/α,β-unsaturated/α-hetero) is 1. The van der Waals surface area contributed by atoms with E-state index in [0.717, 1.165) is 37.0 Å². The number of hydrogen-bond donors (Lipinski definition) is 1. The third-order valence-corrected chi connectivity index (χ3v) is 7.80. The molecule has 1 fully saturated rings. The molecule has 0 saturated carbocycles. The van der Waals surface area contributed by atoms with E-state index in [1.807, 2.05) is 0 Å². The van der Waals surface area contributed by atoms with Gasteiger partial charge in [-0.1, -0.05) is 50.2 Å². The van der Waals surface area contributed by atoms with Crippen LogP contribution in [0, 0.1) is 6.92 Å². The van der Waals surface area contributed by atoms with Crippen LogP contribution in [0.25, 0.3) is 5.76 Å². The van der Waals surface area contributed by atoms with Crippen LogP contribution in [0.15, 0.2) is 54.1 Å². The predicted molar refractivity (Wildman–Crippen MR) is 157 cm³/mol. The van der Waals surface area contributed by atoms with Crippen LogP contribution in [0.1, 0.15) is 72.1 Å². The van der Waals surface area contributed by atoms with E-state index in [1.54, 1.807) is 55.5 Å². The molecule has 9 nitrogen and oxygen atoms in total. The van der Waals surface area contributed by atoms with E-state index in [1.165, 1.54) is 12.0 Å². The van der Waals surface area contributed by atoms with Crippen LogP contribution >= 0.6 is 11.3 Å². The molecule has 0 aliphatic carbocycles. The number of methoxy groups -OCH3 is 1. The van der Waals surface area contributed by atoms with Gasteiger partial charge >= 0.3 is 11.9 Å². The van der Waals surface area contributed by atoms with Gasteiger partial charge in [0.15, 0.2) is 5.13 Å². The average Bonchev–Trinajstić information content (AvgIpc) is 3.49. The first-order valence-corrected chi connectivity index (χ1v) is 14.4. The molecule has 4 rings (SSSR count). The number of benzene rings is 2. The minimum Gasteiger partial charge on any atom is -0.507 e. The summed E-state index contributed by atoms with van der Waals surface area (Å²) >= 11 is 0.953. The first kappa shape index (κ1) is 29.8. The number of unbranched alkanes of at least 4 members (excludes halogenated alkanes) is 2. The Labute approximate surface area is 243 Å². The number of ether oxygens (including phenoxy) is 3. The highest BCUT2D eigenvalue weighted by Crippen LogP contribution is 2.44. The van der Waals surface area contributed by atoms with Gasteiger partial charge in [0.25, 0.3) is 5.78 Å². The van der Waals surface area contributed by atoms with Crippen molar-refractivity contribution in [1.29, 1.82) is 0 Å². The minimum atomic E-state index is -0.990. The Balaban J connectivity index is 1.78. The minimum absolute atomic E-state index is 0.0817. The van der Waals surface area contributed by atoms with E-state index >= 15 is 0 Å². The highest BCUT2D eigenvalue weighted by molar-refractivity contribution is 7.17. The van der Waals surface area contributed by atoms with Gasteiger partial charge in [0, 0.05) is 5.56 Å². The molecule has 1 amide bonds. The van der Waals surface area contributed by atoms with Crippen molar-refractivity contribution in [2.45, 2.75) is 52.5 Å². The van der Waals surface area contributed by atoms with Crippen molar-refractivity contribution in [3.63, 3.8) is 0 Å². The maximum atomic E-state index is 13.5. The molecule has 2 heterocycles. The maximum Gasteiger partial charge on any atom is 0.350 e. The number of rotatable bonds is 12. The van der Waals surface area contributed by atoms with Gasteiger partial charge in [-0.3, -0.25) is 14.5 Å². The first-order valence-electron chi connectivity index (χ1n) is 13.6. The van der Waals surface area contributed by atoms with Crippen LogP contribution in [-0.2, 0) is 14.3 Å². The number of esters is 1. The second-order valence-electron chi connectivity index (χ2n) is 9.57. The zero-order chi connectivity index (χ0) is 29.5. The molecule has 0 bridgehead atoms. The van der Waals surface area contributed by atoms with Gasteiger partial charge in [0.2, 0.25) is 0 Å². The standard InChI is InChI=1S/C31H34N2O7S/c1-5-7-17-39-22-13-9-20(10-14-22)25-24(26(34)21-11-15-23(16-12-21)40-18-8-6-2)27(35)29(36)33(25)31-32-19(3)28(41-31)30(37)38-4/h9-16,25,34H,5-8,17-18H2,1-4H3/b26-24-. The van der Waals surface area contributed by atoms with Crippen LogP contribution in [0.3, 0.4) is 0 Å². The van der Waals surface area contributed by atoms with E-state index in [4.69, 9.17) is 14.2 Å². The number of amides is 1. The van der Waals surface area contributed by atoms with Gasteiger partial charge in [0.05, 0.1) is 37.6 Å². The number of aliphatic hydroxyl groups is 1. The van der Waals surface area contributed by atoms with Gasteiger partial charge in [0.1, 0.15) is 22.1 Å². The summed E-state index contributed by atoms with van der Waals surface area (Å²) in [4.78, 5) is 45.1. The Kier molecular flexibility index (Phi) is 9.78. The molecular formula is C31H34N2O7S. The van der Waals surface area contributed by atoms with Crippen molar-refractivity contribution >= 4 is 39.9 Å². The van der Waals surface area contributed by atoms with Crippen molar-refractivity contribution in [2.24, 2.45) is 0 Å². The fraction of sp³-hybridized carbons (Fsp3) is 0.355. The summed E-state index contributed by atoms with van der Waals surface area (Å²) in [5.41, 5.74) is 1.22. The van der Waals surface area contributed by atoms with Crippen molar-refractivity contribution in [1.82, 2.24) is 4.98 Å². The number of aryl methyl sites for hydroxylation is 1. The molecule has 1 atom stereocenters. The molecule has 1 aliphatic rings. The predicted octanol–water partition coefficient (Wildman–Crippen LogP) is 6.22. The molecule has 1 saturated heterocycles. The van der Waals surface area contributed by atoms with E-state index in [2.05, 4.69) is 18.8 Å². The van der Waals surface area contributed by atoms with Crippen LogP contribution in [0.4, 0.5) is 5.13 Å². The third kappa shape index (κ3) is 6.43. The zero-order valence-electron chi connectivity index (χ0n) is 23.6.